The molecule has 0 heterocycles. The fourth-order valence-electron chi connectivity index (χ4n) is 2.17. The zero-order valence-electron chi connectivity index (χ0n) is 13.2. The van der Waals surface area contributed by atoms with Crippen LogP contribution in [0.1, 0.15) is 77.6 Å². The second-order valence-electron chi connectivity index (χ2n) is 5.82. The van der Waals surface area contributed by atoms with Crippen LogP contribution in [0.5, 0.6) is 0 Å². The number of unbranched alkanes of at least 4 members (excludes halogenated alkanes) is 7. The standard InChI is InChI=1S/C17H33NO2/c1-16(15-19)13-11-9-7-5-3-2-4-6-8-10-12-14-17(18)20/h3,5,16,19H,2,4,6-15H2,1H3,(H2,18,20)/b5-3-. The summed E-state index contributed by atoms with van der Waals surface area (Å²) in [6.45, 7) is 2.41. The van der Waals surface area contributed by atoms with Crippen LogP contribution in [-0.4, -0.2) is 17.6 Å². The molecule has 0 aliphatic carbocycles. The first-order chi connectivity index (χ1) is 9.66. The second-order valence-corrected chi connectivity index (χ2v) is 5.82. The molecule has 0 aromatic carbocycles. The average molecular weight is 283 g/mol. The molecule has 0 saturated carbocycles. The van der Waals surface area contributed by atoms with E-state index in [1.165, 1.54) is 38.5 Å². The lowest BCUT2D eigenvalue weighted by Gasteiger charge is -2.05. The summed E-state index contributed by atoms with van der Waals surface area (Å²) in [5.41, 5.74) is 5.09. The summed E-state index contributed by atoms with van der Waals surface area (Å²) in [4.78, 5) is 10.5. The molecule has 0 rings (SSSR count). The lowest BCUT2D eigenvalue weighted by Crippen LogP contribution is -2.09. The van der Waals surface area contributed by atoms with Crippen LogP contribution in [0.25, 0.3) is 0 Å². The topological polar surface area (TPSA) is 63.3 Å². The van der Waals surface area contributed by atoms with Crippen LogP contribution in [0, 0.1) is 5.92 Å². The first-order valence-electron chi connectivity index (χ1n) is 8.21. The molecule has 1 atom stereocenters. The summed E-state index contributed by atoms with van der Waals surface area (Å²) >= 11 is 0. The minimum absolute atomic E-state index is 0.179. The van der Waals surface area contributed by atoms with Gasteiger partial charge in [0.05, 0.1) is 0 Å². The van der Waals surface area contributed by atoms with Crippen LogP contribution < -0.4 is 5.73 Å². The molecule has 0 fully saturated rings. The maximum Gasteiger partial charge on any atom is 0.217 e. The highest BCUT2D eigenvalue weighted by atomic mass is 16.3. The zero-order chi connectivity index (χ0) is 15.1. The summed E-state index contributed by atoms with van der Waals surface area (Å²) in [5.74, 6) is 0.273. The summed E-state index contributed by atoms with van der Waals surface area (Å²) in [6, 6.07) is 0. The number of hydrogen-bond donors (Lipinski definition) is 2. The van der Waals surface area contributed by atoms with Gasteiger partial charge in [-0.25, -0.2) is 0 Å². The number of aliphatic hydroxyl groups is 1. The van der Waals surface area contributed by atoms with Crippen LogP contribution in [0.15, 0.2) is 12.2 Å². The maximum absolute atomic E-state index is 10.5. The number of carbonyl (C=O) groups excluding carboxylic acids is 1. The molecule has 3 nitrogen and oxygen atoms in total. The Hall–Kier alpha value is -0.830. The number of carbonyl (C=O) groups is 1. The van der Waals surface area contributed by atoms with E-state index in [1.807, 2.05) is 0 Å². The SMILES string of the molecule is CC(CO)CCCC/C=C\CCCCCCCC(N)=O. The predicted molar refractivity (Wildman–Crippen MR) is 85.4 cm³/mol. The number of amides is 1. The van der Waals surface area contributed by atoms with E-state index in [9.17, 15) is 4.79 Å². The van der Waals surface area contributed by atoms with E-state index < -0.39 is 0 Å². The molecule has 1 unspecified atom stereocenters. The van der Waals surface area contributed by atoms with E-state index >= 15 is 0 Å². The normalized spacial score (nSPS) is 12.9. The predicted octanol–water partition coefficient (Wildman–Crippen LogP) is 3.95. The molecular formula is C17H33NO2. The summed E-state index contributed by atoms with van der Waals surface area (Å²) in [5, 5.41) is 8.90. The highest BCUT2D eigenvalue weighted by molar-refractivity contribution is 5.73. The Labute approximate surface area is 124 Å². The van der Waals surface area contributed by atoms with Crippen molar-refractivity contribution in [3.63, 3.8) is 0 Å². The summed E-state index contributed by atoms with van der Waals surface area (Å²) < 4.78 is 0. The van der Waals surface area contributed by atoms with E-state index in [0.29, 0.717) is 18.9 Å². The van der Waals surface area contributed by atoms with Crippen molar-refractivity contribution in [2.75, 3.05) is 6.61 Å². The van der Waals surface area contributed by atoms with E-state index in [4.69, 9.17) is 10.8 Å². The van der Waals surface area contributed by atoms with Crippen molar-refractivity contribution in [2.45, 2.75) is 77.6 Å². The van der Waals surface area contributed by atoms with Gasteiger partial charge in [0.15, 0.2) is 0 Å². The highest BCUT2D eigenvalue weighted by Gasteiger charge is 1.98. The molecule has 1 amide bonds. The van der Waals surface area contributed by atoms with Crippen molar-refractivity contribution in [1.82, 2.24) is 0 Å². The van der Waals surface area contributed by atoms with Crippen LogP contribution in [0.2, 0.25) is 0 Å². The summed E-state index contributed by atoms with van der Waals surface area (Å²) in [7, 11) is 0. The molecule has 0 aliphatic heterocycles. The van der Waals surface area contributed by atoms with Gasteiger partial charge >= 0.3 is 0 Å². The Balaban J connectivity index is 3.14. The molecule has 3 N–H and O–H groups in total. The lowest BCUT2D eigenvalue weighted by atomic mass is 10.0. The molecule has 0 spiro atoms. The first-order valence-corrected chi connectivity index (χ1v) is 8.21. The van der Waals surface area contributed by atoms with Gasteiger partial charge in [0.2, 0.25) is 5.91 Å². The van der Waals surface area contributed by atoms with Gasteiger partial charge in [-0.05, 0) is 44.4 Å². The van der Waals surface area contributed by atoms with Crippen molar-refractivity contribution in [2.24, 2.45) is 11.7 Å². The molecular weight excluding hydrogens is 250 g/mol. The van der Waals surface area contributed by atoms with E-state index in [2.05, 4.69) is 19.1 Å². The number of nitrogens with two attached hydrogens (primary N) is 1. The zero-order valence-corrected chi connectivity index (χ0v) is 13.2. The Kier molecular flexibility index (Phi) is 14.0. The van der Waals surface area contributed by atoms with Gasteiger partial charge in [-0.2, -0.15) is 0 Å². The molecule has 0 saturated heterocycles. The first kappa shape index (κ1) is 19.2. The van der Waals surface area contributed by atoms with Gasteiger partial charge in [-0.3, -0.25) is 4.79 Å². The molecule has 118 valence electrons. The molecule has 0 aromatic rings. The van der Waals surface area contributed by atoms with Crippen LogP contribution in [0.3, 0.4) is 0 Å². The van der Waals surface area contributed by atoms with Crippen molar-refractivity contribution in [1.29, 1.82) is 0 Å². The molecule has 20 heavy (non-hydrogen) atoms. The van der Waals surface area contributed by atoms with Crippen molar-refractivity contribution in [3.05, 3.63) is 12.2 Å². The summed E-state index contributed by atoms with van der Waals surface area (Å²) in [6.07, 6.45) is 16.8. The van der Waals surface area contributed by atoms with E-state index in [-0.39, 0.29) is 5.91 Å². The molecule has 0 aromatic heterocycles. The van der Waals surface area contributed by atoms with Crippen molar-refractivity contribution in [3.8, 4) is 0 Å². The third-order valence-electron chi connectivity index (χ3n) is 3.59. The second kappa shape index (κ2) is 14.6. The van der Waals surface area contributed by atoms with Gasteiger partial charge in [-0.1, -0.05) is 44.8 Å². The van der Waals surface area contributed by atoms with Crippen LogP contribution >= 0.6 is 0 Å². The Morgan fingerprint density at radius 3 is 2.15 bits per heavy atom. The van der Waals surface area contributed by atoms with E-state index in [1.54, 1.807) is 0 Å². The molecule has 0 radical (unpaired) electrons. The van der Waals surface area contributed by atoms with Crippen molar-refractivity contribution < 1.29 is 9.90 Å². The van der Waals surface area contributed by atoms with Gasteiger partial charge in [0.1, 0.15) is 0 Å². The molecule has 3 heteroatoms. The lowest BCUT2D eigenvalue weighted by molar-refractivity contribution is -0.118. The molecule has 0 bridgehead atoms. The maximum atomic E-state index is 10.5. The minimum atomic E-state index is -0.179. The van der Waals surface area contributed by atoms with Gasteiger partial charge in [0.25, 0.3) is 0 Å². The Bertz CT molecular complexity index is 251. The average Bonchev–Trinajstić information content (AvgIpc) is 2.43. The number of aliphatic hydroxyl groups excluding tert-OH is 1. The van der Waals surface area contributed by atoms with Crippen LogP contribution in [0.4, 0.5) is 0 Å². The van der Waals surface area contributed by atoms with Gasteiger partial charge < -0.3 is 10.8 Å². The number of primary amides is 1. The Morgan fingerprint density at radius 1 is 1.00 bits per heavy atom. The third-order valence-corrected chi connectivity index (χ3v) is 3.59. The number of hydrogen-bond acceptors (Lipinski definition) is 2. The quantitative estimate of drug-likeness (QED) is 0.374. The van der Waals surface area contributed by atoms with E-state index in [0.717, 1.165) is 25.7 Å². The number of rotatable bonds is 14. The highest BCUT2D eigenvalue weighted by Crippen LogP contribution is 2.10. The fourth-order valence-corrected chi connectivity index (χ4v) is 2.17. The smallest absolute Gasteiger partial charge is 0.217 e. The third kappa shape index (κ3) is 15.2. The largest absolute Gasteiger partial charge is 0.396 e. The van der Waals surface area contributed by atoms with Gasteiger partial charge in [0, 0.05) is 13.0 Å². The van der Waals surface area contributed by atoms with Crippen LogP contribution in [-0.2, 0) is 4.79 Å². The minimum Gasteiger partial charge on any atom is -0.396 e. The number of allylic oxidation sites excluding steroid dienone is 2. The monoisotopic (exact) mass is 283 g/mol. The van der Waals surface area contributed by atoms with Gasteiger partial charge in [-0.15, -0.1) is 0 Å². The fraction of sp³-hybridized carbons (Fsp3) is 0.824. The Morgan fingerprint density at radius 2 is 1.55 bits per heavy atom. The van der Waals surface area contributed by atoms with Crippen molar-refractivity contribution >= 4 is 5.91 Å². The molecule has 0 aliphatic rings.